The highest BCUT2D eigenvalue weighted by Gasteiger charge is 2.25. The van der Waals surface area contributed by atoms with E-state index in [1.807, 2.05) is 19.4 Å². The van der Waals surface area contributed by atoms with Gasteiger partial charge >= 0.3 is 0 Å². The normalized spacial score (nSPS) is 23.1. The first-order chi connectivity index (χ1) is 9.26. The van der Waals surface area contributed by atoms with E-state index in [2.05, 4.69) is 22.2 Å². The van der Waals surface area contributed by atoms with E-state index in [4.69, 9.17) is 4.74 Å². The van der Waals surface area contributed by atoms with Crippen LogP contribution in [0.15, 0.2) is 11.2 Å². The summed E-state index contributed by atoms with van der Waals surface area (Å²) in [4.78, 5) is 8.82. The third kappa shape index (κ3) is 3.75. The Hall–Kier alpha value is -0.970. The van der Waals surface area contributed by atoms with Crippen molar-refractivity contribution in [3.63, 3.8) is 0 Å². The summed E-state index contributed by atoms with van der Waals surface area (Å²) in [6.45, 7) is 2.25. The first kappa shape index (κ1) is 14.4. The van der Waals surface area contributed by atoms with Crippen LogP contribution in [0.1, 0.15) is 39.0 Å². The smallest absolute Gasteiger partial charge is 0.219 e. The van der Waals surface area contributed by atoms with Crippen LogP contribution in [0, 0.1) is 5.92 Å². The van der Waals surface area contributed by atoms with Crippen LogP contribution in [0.4, 0.5) is 5.82 Å². The van der Waals surface area contributed by atoms with Gasteiger partial charge in [-0.15, -0.1) is 0 Å². The number of rotatable bonds is 5. The summed E-state index contributed by atoms with van der Waals surface area (Å²) >= 11 is 1.54. The minimum atomic E-state index is 0.313. The van der Waals surface area contributed by atoms with E-state index < -0.39 is 0 Å². The fraction of sp³-hybridized carbons (Fsp3) is 0.714. The maximum atomic E-state index is 6.14. The van der Waals surface area contributed by atoms with Crippen molar-refractivity contribution in [2.45, 2.75) is 50.3 Å². The van der Waals surface area contributed by atoms with Gasteiger partial charge < -0.3 is 10.1 Å². The highest BCUT2D eigenvalue weighted by molar-refractivity contribution is 7.98. The predicted octanol–water partition coefficient (Wildman–Crippen LogP) is 3.59. The molecule has 4 nitrogen and oxygen atoms in total. The first-order valence-electron chi connectivity index (χ1n) is 7.04. The molecule has 106 valence electrons. The minimum Gasteiger partial charge on any atom is -0.474 e. The third-order valence-corrected chi connectivity index (χ3v) is 4.30. The molecule has 0 bridgehead atoms. The van der Waals surface area contributed by atoms with Crippen LogP contribution in [-0.4, -0.2) is 29.4 Å². The van der Waals surface area contributed by atoms with Gasteiger partial charge in [0.25, 0.3) is 0 Å². The standard InChI is InChI=1S/C14H23N3OS/c1-4-10-7-5-6-8-11(10)18-13-9-12(15-2)16-14(17-13)19-3/h9-11H,4-8H2,1-3H3,(H,15,16,17). The molecule has 19 heavy (non-hydrogen) atoms. The summed E-state index contributed by atoms with van der Waals surface area (Å²) in [6.07, 6.45) is 8.50. The average molecular weight is 281 g/mol. The number of anilines is 1. The molecule has 1 aliphatic rings. The fourth-order valence-electron chi connectivity index (χ4n) is 2.63. The molecule has 1 N–H and O–H groups in total. The van der Waals surface area contributed by atoms with Gasteiger partial charge in [0.05, 0.1) is 0 Å². The Kier molecular flexibility index (Phi) is 5.31. The molecule has 0 amide bonds. The second-order valence-electron chi connectivity index (χ2n) is 4.94. The number of hydrogen-bond donors (Lipinski definition) is 1. The van der Waals surface area contributed by atoms with Crippen LogP contribution in [0.25, 0.3) is 0 Å². The number of ether oxygens (including phenoxy) is 1. The second-order valence-corrected chi connectivity index (χ2v) is 5.71. The summed E-state index contributed by atoms with van der Waals surface area (Å²) < 4.78 is 6.14. The number of thioether (sulfide) groups is 1. The van der Waals surface area contributed by atoms with Crippen LogP contribution in [0.3, 0.4) is 0 Å². The van der Waals surface area contributed by atoms with Crippen LogP contribution in [0.5, 0.6) is 5.88 Å². The van der Waals surface area contributed by atoms with E-state index in [1.165, 1.54) is 37.4 Å². The summed E-state index contributed by atoms with van der Waals surface area (Å²) in [5, 5.41) is 3.82. The number of aromatic nitrogens is 2. The first-order valence-corrected chi connectivity index (χ1v) is 8.26. The van der Waals surface area contributed by atoms with E-state index in [1.54, 1.807) is 0 Å². The number of nitrogens with one attached hydrogen (secondary N) is 1. The van der Waals surface area contributed by atoms with Gasteiger partial charge in [-0.3, -0.25) is 0 Å². The molecule has 0 radical (unpaired) electrons. The molecule has 2 rings (SSSR count). The minimum absolute atomic E-state index is 0.313. The molecule has 1 heterocycles. The zero-order chi connectivity index (χ0) is 13.7. The van der Waals surface area contributed by atoms with Crippen LogP contribution < -0.4 is 10.1 Å². The van der Waals surface area contributed by atoms with Crippen molar-refractivity contribution in [1.82, 2.24) is 9.97 Å². The second kappa shape index (κ2) is 6.98. The highest BCUT2D eigenvalue weighted by Crippen LogP contribution is 2.30. The van der Waals surface area contributed by atoms with Gasteiger partial charge in [-0.2, -0.15) is 4.98 Å². The lowest BCUT2D eigenvalue weighted by Gasteiger charge is -2.30. The van der Waals surface area contributed by atoms with Gasteiger partial charge in [0.1, 0.15) is 11.9 Å². The van der Waals surface area contributed by atoms with Crippen LogP contribution >= 0.6 is 11.8 Å². The Balaban J connectivity index is 2.12. The lowest BCUT2D eigenvalue weighted by molar-refractivity contribution is 0.0851. The fourth-order valence-corrected chi connectivity index (χ4v) is 3.01. The quantitative estimate of drug-likeness (QED) is 0.660. The van der Waals surface area contributed by atoms with E-state index in [-0.39, 0.29) is 0 Å². The summed E-state index contributed by atoms with van der Waals surface area (Å²) in [7, 11) is 1.87. The number of nitrogens with zero attached hydrogens (tertiary/aromatic N) is 2. The van der Waals surface area contributed by atoms with Gasteiger partial charge in [-0.1, -0.05) is 25.1 Å². The summed E-state index contributed by atoms with van der Waals surface area (Å²) in [6, 6.07) is 1.89. The van der Waals surface area contributed by atoms with E-state index >= 15 is 0 Å². The Morgan fingerprint density at radius 1 is 1.37 bits per heavy atom. The van der Waals surface area contributed by atoms with E-state index in [0.29, 0.717) is 17.9 Å². The Labute approximate surface area is 119 Å². The van der Waals surface area contributed by atoms with Crippen molar-refractivity contribution in [3.05, 3.63) is 6.07 Å². The van der Waals surface area contributed by atoms with Crippen molar-refractivity contribution < 1.29 is 4.74 Å². The highest BCUT2D eigenvalue weighted by atomic mass is 32.2. The van der Waals surface area contributed by atoms with Crippen LogP contribution in [0.2, 0.25) is 0 Å². The Bertz CT molecular complexity index is 391. The molecule has 2 unspecified atom stereocenters. The molecule has 0 aliphatic heterocycles. The predicted molar refractivity (Wildman–Crippen MR) is 80.0 cm³/mol. The van der Waals surface area contributed by atoms with Crippen molar-refractivity contribution in [1.29, 1.82) is 0 Å². The van der Waals surface area contributed by atoms with Crippen molar-refractivity contribution >= 4 is 17.6 Å². The molecular formula is C14H23N3OS. The molecule has 0 saturated heterocycles. The SMILES string of the molecule is CCC1CCCCC1Oc1cc(NC)nc(SC)n1. The van der Waals surface area contributed by atoms with Crippen LogP contribution in [-0.2, 0) is 0 Å². The topological polar surface area (TPSA) is 47.0 Å². The molecule has 0 aromatic carbocycles. The van der Waals surface area contributed by atoms with Crippen molar-refractivity contribution in [2.24, 2.45) is 5.92 Å². The molecule has 0 spiro atoms. The molecule has 5 heteroatoms. The third-order valence-electron chi connectivity index (χ3n) is 3.76. The molecule has 1 aliphatic carbocycles. The largest absolute Gasteiger partial charge is 0.474 e. The molecule has 1 saturated carbocycles. The van der Waals surface area contributed by atoms with Crippen molar-refractivity contribution in [3.8, 4) is 5.88 Å². The average Bonchev–Trinajstić information content (AvgIpc) is 2.47. The molecule has 1 aromatic heterocycles. The maximum Gasteiger partial charge on any atom is 0.219 e. The lowest BCUT2D eigenvalue weighted by atomic mass is 9.85. The summed E-state index contributed by atoms with van der Waals surface area (Å²) in [5.74, 6) is 2.19. The molecule has 1 fully saturated rings. The zero-order valence-electron chi connectivity index (χ0n) is 12.0. The van der Waals surface area contributed by atoms with E-state index in [9.17, 15) is 0 Å². The Morgan fingerprint density at radius 2 is 2.16 bits per heavy atom. The monoisotopic (exact) mass is 281 g/mol. The van der Waals surface area contributed by atoms with Crippen molar-refractivity contribution in [2.75, 3.05) is 18.6 Å². The van der Waals surface area contributed by atoms with Gasteiger partial charge in [-0.05, 0) is 37.9 Å². The van der Waals surface area contributed by atoms with Gasteiger partial charge in [0.2, 0.25) is 5.88 Å². The van der Waals surface area contributed by atoms with Gasteiger partial charge in [0.15, 0.2) is 5.16 Å². The number of hydrogen-bond acceptors (Lipinski definition) is 5. The molecular weight excluding hydrogens is 258 g/mol. The van der Waals surface area contributed by atoms with Gasteiger partial charge in [0, 0.05) is 13.1 Å². The summed E-state index contributed by atoms with van der Waals surface area (Å²) in [5.41, 5.74) is 0. The van der Waals surface area contributed by atoms with Gasteiger partial charge in [-0.25, -0.2) is 4.98 Å². The zero-order valence-corrected chi connectivity index (χ0v) is 12.8. The molecule has 1 aromatic rings. The van der Waals surface area contributed by atoms with E-state index in [0.717, 1.165) is 17.4 Å². The maximum absolute atomic E-state index is 6.14. The Morgan fingerprint density at radius 3 is 2.84 bits per heavy atom. The molecule has 2 atom stereocenters. The lowest BCUT2D eigenvalue weighted by Crippen LogP contribution is -2.30.